The highest BCUT2D eigenvalue weighted by Crippen LogP contribution is 2.29. The molecule has 1 unspecified atom stereocenters. The van der Waals surface area contributed by atoms with Crippen LogP contribution in [0, 0.1) is 0 Å². The molecule has 0 amide bonds. The molecule has 0 spiro atoms. The summed E-state index contributed by atoms with van der Waals surface area (Å²) in [6.07, 6.45) is 0. The zero-order chi connectivity index (χ0) is 13.3. The number of H-pyrrole nitrogens is 1. The molecular formula is C13H16Cl2N2O2. The molecule has 4 nitrogen and oxygen atoms in total. The first-order valence-electron chi connectivity index (χ1n) is 5.77. The van der Waals surface area contributed by atoms with Crippen LogP contribution in [0.1, 0.15) is 25.5 Å². The molecule has 3 N–H and O–H groups in total. The Morgan fingerprint density at radius 2 is 2.11 bits per heavy atom. The minimum Gasteiger partial charge on any atom is -0.492 e. The van der Waals surface area contributed by atoms with Crippen LogP contribution in [-0.4, -0.2) is 11.6 Å². The number of pyridine rings is 1. The Morgan fingerprint density at radius 3 is 2.68 bits per heavy atom. The number of hydrogen-bond acceptors (Lipinski definition) is 3. The van der Waals surface area contributed by atoms with E-state index in [1.807, 2.05) is 6.92 Å². The average Bonchev–Trinajstić information content (AvgIpc) is 2.30. The number of aromatic amines is 1. The van der Waals surface area contributed by atoms with Gasteiger partial charge >= 0.3 is 0 Å². The molecule has 0 saturated carbocycles. The topological polar surface area (TPSA) is 68.1 Å². The van der Waals surface area contributed by atoms with Crippen LogP contribution in [0.2, 0.25) is 5.02 Å². The Labute approximate surface area is 122 Å². The summed E-state index contributed by atoms with van der Waals surface area (Å²) >= 11 is 6.11. The highest BCUT2D eigenvalue weighted by Gasteiger charge is 2.10. The van der Waals surface area contributed by atoms with Crippen LogP contribution in [0.5, 0.6) is 5.75 Å². The largest absolute Gasteiger partial charge is 0.492 e. The van der Waals surface area contributed by atoms with Gasteiger partial charge in [-0.2, -0.15) is 0 Å². The minimum absolute atomic E-state index is 0. The third kappa shape index (κ3) is 3.21. The van der Waals surface area contributed by atoms with Crippen LogP contribution < -0.4 is 16.0 Å². The molecule has 0 saturated heterocycles. The summed E-state index contributed by atoms with van der Waals surface area (Å²) < 4.78 is 5.38. The van der Waals surface area contributed by atoms with E-state index in [9.17, 15) is 4.79 Å². The number of ether oxygens (including phenoxy) is 1. The van der Waals surface area contributed by atoms with E-state index in [1.54, 1.807) is 25.1 Å². The molecule has 19 heavy (non-hydrogen) atoms. The number of halogens is 2. The van der Waals surface area contributed by atoms with Gasteiger partial charge < -0.3 is 15.5 Å². The van der Waals surface area contributed by atoms with Crippen LogP contribution in [0.4, 0.5) is 0 Å². The smallest absolute Gasteiger partial charge is 0.253 e. The van der Waals surface area contributed by atoms with Crippen LogP contribution in [0.3, 0.4) is 0 Å². The molecule has 0 radical (unpaired) electrons. The van der Waals surface area contributed by atoms with E-state index in [1.165, 1.54) is 0 Å². The van der Waals surface area contributed by atoms with E-state index in [0.717, 1.165) is 5.39 Å². The fraction of sp³-hybridized carbons (Fsp3) is 0.308. The SMILES string of the molecule is CCOc1cc2[nH]c(=O)c(C(C)N)cc2cc1Cl.Cl. The zero-order valence-corrected chi connectivity index (χ0v) is 12.3. The van der Waals surface area contributed by atoms with E-state index < -0.39 is 0 Å². The molecule has 6 heteroatoms. The van der Waals surface area contributed by atoms with Crippen LogP contribution in [0.15, 0.2) is 23.0 Å². The van der Waals surface area contributed by atoms with Crippen LogP contribution in [0.25, 0.3) is 10.9 Å². The molecule has 1 aromatic carbocycles. The molecular weight excluding hydrogens is 287 g/mol. The Hall–Kier alpha value is -1.23. The first kappa shape index (κ1) is 15.8. The number of aromatic nitrogens is 1. The summed E-state index contributed by atoms with van der Waals surface area (Å²) in [5.41, 5.74) is 6.80. The van der Waals surface area contributed by atoms with Gasteiger partial charge in [-0.1, -0.05) is 11.6 Å². The lowest BCUT2D eigenvalue weighted by atomic mass is 10.1. The van der Waals surface area contributed by atoms with Crippen molar-refractivity contribution in [1.82, 2.24) is 4.98 Å². The quantitative estimate of drug-likeness (QED) is 0.916. The first-order chi connectivity index (χ1) is 8.52. The van der Waals surface area contributed by atoms with E-state index in [0.29, 0.717) is 28.5 Å². The normalized spacial score (nSPS) is 12.0. The van der Waals surface area contributed by atoms with Crippen molar-refractivity contribution in [2.45, 2.75) is 19.9 Å². The van der Waals surface area contributed by atoms with Gasteiger partial charge in [-0.05, 0) is 26.0 Å². The molecule has 1 aromatic heterocycles. The lowest BCUT2D eigenvalue weighted by molar-refractivity contribution is 0.341. The molecule has 0 fully saturated rings. The maximum absolute atomic E-state index is 11.8. The summed E-state index contributed by atoms with van der Waals surface area (Å²) in [5.74, 6) is 0.566. The Bertz CT molecular complexity index is 638. The zero-order valence-electron chi connectivity index (χ0n) is 10.7. The number of nitrogens with two attached hydrogens (primary N) is 1. The van der Waals surface area contributed by atoms with Crippen molar-refractivity contribution in [2.75, 3.05) is 6.61 Å². The maximum atomic E-state index is 11.8. The highest BCUT2D eigenvalue weighted by atomic mass is 35.5. The lowest BCUT2D eigenvalue weighted by Gasteiger charge is -2.10. The molecule has 2 rings (SSSR count). The van der Waals surface area contributed by atoms with Crippen LogP contribution >= 0.6 is 24.0 Å². The van der Waals surface area contributed by atoms with Crippen molar-refractivity contribution in [1.29, 1.82) is 0 Å². The van der Waals surface area contributed by atoms with Crippen molar-refractivity contribution in [2.24, 2.45) is 5.73 Å². The average molecular weight is 303 g/mol. The second kappa shape index (κ2) is 6.28. The summed E-state index contributed by atoms with van der Waals surface area (Å²) in [6.45, 7) is 4.17. The highest BCUT2D eigenvalue weighted by molar-refractivity contribution is 6.32. The lowest BCUT2D eigenvalue weighted by Crippen LogP contribution is -2.19. The van der Waals surface area contributed by atoms with Gasteiger partial charge in [0.2, 0.25) is 0 Å². The predicted octanol–water partition coefficient (Wildman–Crippen LogP) is 3.02. The van der Waals surface area contributed by atoms with E-state index in [-0.39, 0.29) is 24.0 Å². The van der Waals surface area contributed by atoms with E-state index >= 15 is 0 Å². The van der Waals surface area contributed by atoms with Gasteiger partial charge in [0.15, 0.2) is 0 Å². The van der Waals surface area contributed by atoms with Crippen molar-refractivity contribution in [3.8, 4) is 5.75 Å². The second-order valence-electron chi connectivity index (χ2n) is 4.15. The first-order valence-corrected chi connectivity index (χ1v) is 6.15. The van der Waals surface area contributed by atoms with Gasteiger partial charge in [0.25, 0.3) is 5.56 Å². The van der Waals surface area contributed by atoms with Gasteiger partial charge in [-0.15, -0.1) is 12.4 Å². The van der Waals surface area contributed by atoms with Crippen molar-refractivity contribution in [3.05, 3.63) is 39.1 Å². The van der Waals surface area contributed by atoms with Crippen molar-refractivity contribution < 1.29 is 4.74 Å². The fourth-order valence-electron chi connectivity index (χ4n) is 1.83. The van der Waals surface area contributed by atoms with Gasteiger partial charge in [-0.3, -0.25) is 4.79 Å². The molecule has 0 aliphatic rings. The summed E-state index contributed by atoms with van der Waals surface area (Å²) in [4.78, 5) is 14.6. The van der Waals surface area contributed by atoms with Crippen molar-refractivity contribution >= 4 is 34.9 Å². The summed E-state index contributed by atoms with van der Waals surface area (Å²) in [6, 6.07) is 4.95. The van der Waals surface area contributed by atoms with Gasteiger partial charge in [-0.25, -0.2) is 0 Å². The molecule has 0 bridgehead atoms. The number of rotatable bonds is 3. The standard InChI is InChI=1S/C13H15ClN2O2.ClH/c1-3-18-12-6-11-8(5-10(12)14)4-9(7(2)15)13(17)16-11;/h4-7H,3,15H2,1-2H3,(H,16,17);1H. The minimum atomic E-state index is -0.316. The number of benzene rings is 1. The predicted molar refractivity (Wildman–Crippen MR) is 80.6 cm³/mol. The third-order valence-corrected chi connectivity index (χ3v) is 3.01. The maximum Gasteiger partial charge on any atom is 0.253 e. The number of nitrogens with one attached hydrogen (secondary N) is 1. The monoisotopic (exact) mass is 302 g/mol. The van der Waals surface area contributed by atoms with Crippen molar-refractivity contribution in [3.63, 3.8) is 0 Å². The summed E-state index contributed by atoms with van der Waals surface area (Å²) in [7, 11) is 0. The van der Waals surface area contributed by atoms with Crippen LogP contribution in [-0.2, 0) is 0 Å². The van der Waals surface area contributed by atoms with Gasteiger partial charge in [0, 0.05) is 23.1 Å². The number of fused-ring (bicyclic) bond motifs is 1. The fourth-order valence-corrected chi connectivity index (χ4v) is 2.06. The molecule has 104 valence electrons. The molecule has 0 aliphatic carbocycles. The Balaban J connectivity index is 0.00000180. The molecule has 2 aromatic rings. The summed E-state index contributed by atoms with van der Waals surface area (Å²) in [5, 5.41) is 1.36. The van der Waals surface area contributed by atoms with E-state index in [4.69, 9.17) is 22.1 Å². The Morgan fingerprint density at radius 1 is 1.42 bits per heavy atom. The molecule has 1 atom stereocenters. The number of hydrogen-bond donors (Lipinski definition) is 2. The van der Waals surface area contributed by atoms with E-state index in [2.05, 4.69) is 4.98 Å². The van der Waals surface area contributed by atoms with Gasteiger partial charge in [0.05, 0.1) is 17.1 Å². The third-order valence-electron chi connectivity index (χ3n) is 2.72. The Kier molecular flexibility index (Phi) is 5.23. The molecule has 1 heterocycles. The second-order valence-corrected chi connectivity index (χ2v) is 4.55. The molecule has 0 aliphatic heterocycles. The van der Waals surface area contributed by atoms with Gasteiger partial charge in [0.1, 0.15) is 5.75 Å².